The minimum atomic E-state index is 0.931. The van der Waals surface area contributed by atoms with E-state index in [9.17, 15) is 0 Å². The molecule has 0 amide bonds. The highest BCUT2D eigenvalue weighted by molar-refractivity contribution is 7.13. The van der Waals surface area contributed by atoms with Crippen LogP contribution in [0.15, 0.2) is 23.6 Å². The van der Waals surface area contributed by atoms with Crippen molar-refractivity contribution in [2.45, 2.75) is 33.1 Å². The molecule has 96 valence electrons. The van der Waals surface area contributed by atoms with Crippen LogP contribution in [-0.4, -0.2) is 16.5 Å². The van der Waals surface area contributed by atoms with Gasteiger partial charge in [-0.15, -0.1) is 11.3 Å². The Labute approximate surface area is 112 Å². The van der Waals surface area contributed by atoms with Gasteiger partial charge in [0.1, 0.15) is 11.6 Å². The fourth-order valence-corrected chi connectivity index (χ4v) is 2.41. The first kappa shape index (κ1) is 13.0. The molecule has 0 radical (unpaired) electrons. The van der Waals surface area contributed by atoms with Gasteiger partial charge in [0.15, 0.2) is 0 Å². The molecule has 4 heteroatoms. The van der Waals surface area contributed by atoms with Gasteiger partial charge in [-0.3, -0.25) is 0 Å². The van der Waals surface area contributed by atoms with E-state index in [-0.39, 0.29) is 0 Å². The Balaban J connectivity index is 2.30. The third-order valence-corrected chi connectivity index (χ3v) is 3.47. The third-order valence-electron chi connectivity index (χ3n) is 2.58. The molecule has 0 bridgehead atoms. The van der Waals surface area contributed by atoms with Crippen molar-refractivity contribution in [2.75, 3.05) is 11.9 Å². The van der Waals surface area contributed by atoms with Crippen molar-refractivity contribution in [3.8, 4) is 10.6 Å². The standard InChI is InChI=1S/C14H19N3S/c1-3-6-13-16-11(12-7-5-9-18-12)10-14(17-13)15-8-4-2/h5,7,9-10H,3-4,6,8H2,1-2H3,(H,15,16,17). The Kier molecular flexibility index (Phi) is 4.70. The number of nitrogens with one attached hydrogen (secondary N) is 1. The predicted octanol–water partition coefficient (Wildman–Crippen LogP) is 3.98. The number of hydrogen-bond donors (Lipinski definition) is 1. The second-order valence-electron chi connectivity index (χ2n) is 4.21. The first-order valence-electron chi connectivity index (χ1n) is 6.49. The number of thiophene rings is 1. The van der Waals surface area contributed by atoms with Gasteiger partial charge in [0, 0.05) is 19.0 Å². The molecule has 0 aliphatic rings. The molecule has 0 aliphatic heterocycles. The molecule has 0 saturated carbocycles. The number of hydrogen-bond acceptors (Lipinski definition) is 4. The number of aromatic nitrogens is 2. The Morgan fingerprint density at radius 2 is 2.11 bits per heavy atom. The van der Waals surface area contributed by atoms with E-state index in [1.165, 1.54) is 4.88 Å². The van der Waals surface area contributed by atoms with E-state index in [1.54, 1.807) is 11.3 Å². The fraction of sp³-hybridized carbons (Fsp3) is 0.429. The highest BCUT2D eigenvalue weighted by Crippen LogP contribution is 2.24. The zero-order valence-corrected chi connectivity index (χ0v) is 11.8. The lowest BCUT2D eigenvalue weighted by atomic mass is 10.2. The monoisotopic (exact) mass is 261 g/mol. The first-order valence-corrected chi connectivity index (χ1v) is 7.37. The van der Waals surface area contributed by atoms with E-state index < -0.39 is 0 Å². The van der Waals surface area contributed by atoms with Gasteiger partial charge in [-0.05, 0) is 24.3 Å². The molecule has 2 rings (SSSR count). The SMILES string of the molecule is CCCNc1cc(-c2cccs2)nc(CCC)n1. The van der Waals surface area contributed by atoms with Gasteiger partial charge in [-0.2, -0.15) is 0 Å². The molecule has 0 fully saturated rings. The van der Waals surface area contributed by atoms with Gasteiger partial charge in [0.25, 0.3) is 0 Å². The van der Waals surface area contributed by atoms with Crippen molar-refractivity contribution in [3.05, 3.63) is 29.4 Å². The molecule has 0 aliphatic carbocycles. The van der Waals surface area contributed by atoms with Crippen LogP contribution in [0, 0.1) is 0 Å². The average molecular weight is 261 g/mol. The molecule has 0 unspecified atom stereocenters. The quantitative estimate of drug-likeness (QED) is 0.854. The van der Waals surface area contributed by atoms with Crippen molar-refractivity contribution in [3.63, 3.8) is 0 Å². The van der Waals surface area contributed by atoms with Crippen LogP contribution in [0.4, 0.5) is 5.82 Å². The Hall–Kier alpha value is -1.42. The van der Waals surface area contributed by atoms with Gasteiger partial charge in [0.2, 0.25) is 0 Å². The van der Waals surface area contributed by atoms with E-state index in [1.807, 2.05) is 6.07 Å². The van der Waals surface area contributed by atoms with Crippen LogP contribution in [0.2, 0.25) is 0 Å². The van der Waals surface area contributed by atoms with Crippen molar-refractivity contribution in [1.82, 2.24) is 9.97 Å². The van der Waals surface area contributed by atoms with Gasteiger partial charge in [0.05, 0.1) is 10.6 Å². The Morgan fingerprint density at radius 1 is 1.22 bits per heavy atom. The minimum Gasteiger partial charge on any atom is -0.370 e. The maximum Gasteiger partial charge on any atom is 0.131 e. The van der Waals surface area contributed by atoms with E-state index in [0.29, 0.717) is 0 Å². The second-order valence-corrected chi connectivity index (χ2v) is 5.16. The smallest absolute Gasteiger partial charge is 0.131 e. The van der Waals surface area contributed by atoms with Crippen LogP contribution in [0.5, 0.6) is 0 Å². The summed E-state index contributed by atoms with van der Waals surface area (Å²) in [6, 6.07) is 6.20. The first-order chi connectivity index (χ1) is 8.83. The minimum absolute atomic E-state index is 0.931. The van der Waals surface area contributed by atoms with Crippen molar-refractivity contribution in [2.24, 2.45) is 0 Å². The highest BCUT2D eigenvalue weighted by Gasteiger charge is 2.06. The summed E-state index contributed by atoms with van der Waals surface area (Å²) < 4.78 is 0. The van der Waals surface area contributed by atoms with Crippen LogP contribution in [0.1, 0.15) is 32.5 Å². The van der Waals surface area contributed by atoms with Crippen LogP contribution >= 0.6 is 11.3 Å². The lowest BCUT2D eigenvalue weighted by Gasteiger charge is -2.08. The summed E-state index contributed by atoms with van der Waals surface area (Å²) in [6.07, 6.45) is 3.10. The highest BCUT2D eigenvalue weighted by atomic mass is 32.1. The summed E-state index contributed by atoms with van der Waals surface area (Å²) in [5, 5.41) is 5.43. The number of anilines is 1. The normalized spacial score (nSPS) is 10.6. The van der Waals surface area contributed by atoms with Gasteiger partial charge in [-0.1, -0.05) is 19.9 Å². The van der Waals surface area contributed by atoms with Crippen molar-refractivity contribution < 1.29 is 0 Å². The lowest BCUT2D eigenvalue weighted by molar-refractivity contribution is 0.834. The molecule has 2 heterocycles. The summed E-state index contributed by atoms with van der Waals surface area (Å²) in [7, 11) is 0. The zero-order valence-electron chi connectivity index (χ0n) is 10.9. The summed E-state index contributed by atoms with van der Waals surface area (Å²) in [4.78, 5) is 10.4. The van der Waals surface area contributed by atoms with E-state index in [2.05, 4.69) is 46.6 Å². The molecule has 2 aromatic rings. The molecule has 2 aromatic heterocycles. The Morgan fingerprint density at radius 3 is 2.78 bits per heavy atom. The summed E-state index contributed by atoms with van der Waals surface area (Å²) in [5.74, 6) is 1.88. The molecule has 3 nitrogen and oxygen atoms in total. The summed E-state index contributed by atoms with van der Waals surface area (Å²) in [5.41, 5.74) is 1.03. The van der Waals surface area contributed by atoms with E-state index in [4.69, 9.17) is 0 Å². The Bertz CT molecular complexity index is 480. The number of rotatable bonds is 6. The second kappa shape index (κ2) is 6.50. The fourth-order valence-electron chi connectivity index (χ4n) is 1.73. The van der Waals surface area contributed by atoms with Gasteiger partial charge in [-0.25, -0.2) is 9.97 Å². The summed E-state index contributed by atoms with van der Waals surface area (Å²) in [6.45, 7) is 5.26. The maximum absolute atomic E-state index is 4.63. The van der Waals surface area contributed by atoms with Gasteiger partial charge >= 0.3 is 0 Å². The molecule has 18 heavy (non-hydrogen) atoms. The zero-order chi connectivity index (χ0) is 12.8. The van der Waals surface area contributed by atoms with Crippen LogP contribution in [0.25, 0.3) is 10.6 Å². The van der Waals surface area contributed by atoms with Crippen molar-refractivity contribution >= 4 is 17.2 Å². The lowest BCUT2D eigenvalue weighted by Crippen LogP contribution is -2.05. The molecule has 0 spiro atoms. The molecular weight excluding hydrogens is 242 g/mol. The molecule has 0 atom stereocenters. The molecular formula is C14H19N3S. The molecule has 1 N–H and O–H groups in total. The maximum atomic E-state index is 4.63. The topological polar surface area (TPSA) is 37.8 Å². The number of aryl methyl sites for hydroxylation is 1. The molecule has 0 saturated heterocycles. The van der Waals surface area contributed by atoms with E-state index in [0.717, 1.165) is 43.1 Å². The van der Waals surface area contributed by atoms with E-state index >= 15 is 0 Å². The third kappa shape index (κ3) is 3.29. The largest absolute Gasteiger partial charge is 0.370 e. The van der Waals surface area contributed by atoms with Crippen molar-refractivity contribution in [1.29, 1.82) is 0 Å². The number of nitrogens with zero attached hydrogens (tertiary/aromatic N) is 2. The average Bonchev–Trinajstić information content (AvgIpc) is 2.90. The van der Waals surface area contributed by atoms with Crippen LogP contribution in [0.3, 0.4) is 0 Å². The van der Waals surface area contributed by atoms with Crippen LogP contribution < -0.4 is 5.32 Å². The summed E-state index contributed by atoms with van der Waals surface area (Å²) >= 11 is 1.72. The molecule has 0 aromatic carbocycles. The van der Waals surface area contributed by atoms with Crippen LogP contribution in [-0.2, 0) is 6.42 Å². The van der Waals surface area contributed by atoms with Gasteiger partial charge < -0.3 is 5.32 Å². The predicted molar refractivity (Wildman–Crippen MR) is 78.1 cm³/mol.